The first kappa shape index (κ1) is 25.5. The number of hydrogen-bond donors (Lipinski definition) is 0. The summed E-state index contributed by atoms with van der Waals surface area (Å²) in [6, 6.07) is 18.7. The molecule has 2 atom stereocenters. The number of fused-ring (bicyclic) bond motifs is 1. The average Bonchev–Trinajstić information content (AvgIpc) is 2.86. The first-order valence-electron chi connectivity index (χ1n) is 11.6. The summed E-state index contributed by atoms with van der Waals surface area (Å²) in [5.74, 6) is 0.0133. The van der Waals surface area contributed by atoms with Gasteiger partial charge in [0.1, 0.15) is 5.75 Å². The molecule has 3 aromatic carbocycles. The lowest BCUT2D eigenvalue weighted by Gasteiger charge is -2.32. The highest BCUT2D eigenvalue weighted by molar-refractivity contribution is 14.1. The number of rotatable bonds is 6. The van der Waals surface area contributed by atoms with Crippen molar-refractivity contribution in [2.45, 2.75) is 48.7 Å². The highest BCUT2D eigenvalue weighted by Crippen LogP contribution is 2.38. The van der Waals surface area contributed by atoms with E-state index in [-0.39, 0.29) is 21.9 Å². The molecule has 3 aromatic rings. The maximum Gasteiger partial charge on any atom is 0.416 e. The normalized spacial score (nSPS) is 16.3. The minimum absolute atomic E-state index is 0.0707. The second-order valence-electron chi connectivity index (χ2n) is 8.80. The fourth-order valence-corrected chi connectivity index (χ4v) is 5.08. The van der Waals surface area contributed by atoms with Crippen LogP contribution in [0.2, 0.25) is 0 Å². The van der Waals surface area contributed by atoms with Gasteiger partial charge in [0.05, 0.1) is 25.1 Å². The van der Waals surface area contributed by atoms with Gasteiger partial charge in [-0.1, -0.05) is 59.0 Å². The van der Waals surface area contributed by atoms with Gasteiger partial charge in [-0.2, -0.15) is 13.2 Å². The Kier molecular flexibility index (Phi) is 7.73. The number of halogens is 4. The third-order valence-electron chi connectivity index (χ3n) is 6.55. The van der Waals surface area contributed by atoms with E-state index in [9.17, 15) is 18.0 Å². The molecular formula is C28H27F3INO2. The Morgan fingerprint density at radius 1 is 1.11 bits per heavy atom. The largest absolute Gasteiger partial charge is 0.497 e. The van der Waals surface area contributed by atoms with E-state index in [4.69, 9.17) is 4.74 Å². The van der Waals surface area contributed by atoms with Crippen molar-refractivity contribution in [2.75, 3.05) is 12.0 Å². The minimum atomic E-state index is -4.50. The van der Waals surface area contributed by atoms with Crippen LogP contribution in [0, 0.1) is 0 Å². The van der Waals surface area contributed by atoms with E-state index in [0.717, 1.165) is 35.6 Å². The molecule has 35 heavy (non-hydrogen) atoms. The number of anilines is 1. The highest BCUT2D eigenvalue weighted by atomic mass is 127. The van der Waals surface area contributed by atoms with E-state index in [2.05, 4.69) is 29.5 Å². The Hall–Kier alpha value is -2.55. The second kappa shape index (κ2) is 10.6. The van der Waals surface area contributed by atoms with Crippen molar-refractivity contribution in [1.82, 2.24) is 0 Å². The van der Waals surface area contributed by atoms with Crippen molar-refractivity contribution in [3.63, 3.8) is 0 Å². The number of nitrogens with zero attached hydrogens (tertiary/aromatic N) is 1. The van der Waals surface area contributed by atoms with Gasteiger partial charge in [-0.3, -0.25) is 4.79 Å². The zero-order chi connectivity index (χ0) is 25.2. The quantitative estimate of drug-likeness (QED) is 0.215. The topological polar surface area (TPSA) is 29.5 Å². The number of alkyl halides is 4. The molecule has 4 rings (SSSR count). The maximum absolute atomic E-state index is 14.0. The van der Waals surface area contributed by atoms with Crippen LogP contribution in [0.5, 0.6) is 5.75 Å². The summed E-state index contributed by atoms with van der Waals surface area (Å²) in [4.78, 5) is 15.6. The summed E-state index contributed by atoms with van der Waals surface area (Å²) < 4.78 is 46.9. The third kappa shape index (κ3) is 5.66. The number of amides is 1. The Labute approximate surface area is 217 Å². The van der Waals surface area contributed by atoms with Crippen molar-refractivity contribution < 1.29 is 22.7 Å². The molecule has 1 aliphatic rings. The Morgan fingerprint density at radius 3 is 2.49 bits per heavy atom. The van der Waals surface area contributed by atoms with Crippen LogP contribution in [0.3, 0.4) is 0 Å². The summed E-state index contributed by atoms with van der Waals surface area (Å²) >= 11 is 2.31. The molecule has 184 valence electrons. The van der Waals surface area contributed by atoms with Gasteiger partial charge in [-0.25, -0.2) is 0 Å². The number of aryl methyl sites for hydroxylation is 1. The van der Waals surface area contributed by atoms with E-state index in [1.54, 1.807) is 13.2 Å². The smallest absolute Gasteiger partial charge is 0.416 e. The van der Waals surface area contributed by atoms with Gasteiger partial charge in [0.2, 0.25) is 5.91 Å². The minimum Gasteiger partial charge on any atom is -0.497 e. The highest BCUT2D eigenvalue weighted by Gasteiger charge is 2.36. The maximum atomic E-state index is 14.0. The Morgan fingerprint density at radius 2 is 1.83 bits per heavy atom. The van der Waals surface area contributed by atoms with Crippen molar-refractivity contribution in [3.8, 4) is 5.75 Å². The number of benzene rings is 3. The number of carbonyl (C=O) groups is 1. The zero-order valence-electron chi connectivity index (χ0n) is 19.6. The molecule has 0 aliphatic heterocycles. The third-order valence-corrected chi connectivity index (χ3v) is 7.27. The molecule has 0 saturated carbocycles. The van der Waals surface area contributed by atoms with Crippen molar-refractivity contribution >= 4 is 34.2 Å². The number of ether oxygens (including phenoxy) is 1. The molecule has 0 radical (unpaired) electrons. The van der Waals surface area contributed by atoms with Crippen LogP contribution in [0.4, 0.5) is 18.9 Å². The molecular weight excluding hydrogens is 566 g/mol. The summed E-state index contributed by atoms with van der Waals surface area (Å²) in [6.45, 7) is 1.90. The lowest BCUT2D eigenvalue weighted by atomic mass is 9.81. The molecule has 2 unspecified atom stereocenters. The van der Waals surface area contributed by atoms with Gasteiger partial charge < -0.3 is 9.64 Å². The monoisotopic (exact) mass is 593 g/mol. The standard InChI is InChI=1S/C28H27F3INO2/c1-18(32)19-10-13-22(14-11-19)33(17-21-6-3-4-9-26(21)28(29,30)31)27(34)24-8-5-7-20-12-15-23(35-2)16-25(20)24/h3-4,6,9-16,18,24H,5,7-8,17H2,1-2H3. The molecule has 3 nitrogen and oxygen atoms in total. The van der Waals surface area contributed by atoms with Crippen molar-refractivity contribution in [1.29, 1.82) is 0 Å². The fraction of sp³-hybridized carbons (Fsp3) is 0.321. The lowest BCUT2D eigenvalue weighted by Crippen LogP contribution is -2.36. The molecule has 0 N–H and O–H groups in total. The van der Waals surface area contributed by atoms with Crippen LogP contribution in [-0.4, -0.2) is 13.0 Å². The van der Waals surface area contributed by atoms with E-state index in [0.29, 0.717) is 17.9 Å². The lowest BCUT2D eigenvalue weighted by molar-refractivity contribution is -0.138. The van der Waals surface area contributed by atoms with Gasteiger partial charge in [-0.15, -0.1) is 0 Å². The van der Waals surface area contributed by atoms with Crippen molar-refractivity contribution in [3.05, 3.63) is 94.5 Å². The van der Waals surface area contributed by atoms with Crippen LogP contribution >= 0.6 is 22.6 Å². The molecule has 0 aromatic heterocycles. The van der Waals surface area contributed by atoms with Gasteiger partial charge >= 0.3 is 6.18 Å². The summed E-state index contributed by atoms with van der Waals surface area (Å²) in [7, 11) is 1.58. The van der Waals surface area contributed by atoms with Gasteiger partial charge in [0.15, 0.2) is 0 Å². The summed E-state index contributed by atoms with van der Waals surface area (Å²) in [5.41, 5.74) is 3.00. The number of carbonyl (C=O) groups excluding carboxylic acids is 1. The molecule has 0 fully saturated rings. The summed E-state index contributed by atoms with van der Waals surface area (Å²) in [5, 5.41) is 0. The molecule has 0 saturated heterocycles. The van der Waals surface area contributed by atoms with Crippen LogP contribution in [0.1, 0.15) is 57.4 Å². The first-order chi connectivity index (χ1) is 16.7. The molecule has 0 bridgehead atoms. The predicted molar refractivity (Wildman–Crippen MR) is 140 cm³/mol. The van der Waals surface area contributed by atoms with Gasteiger partial charge in [0, 0.05) is 9.61 Å². The SMILES string of the molecule is COc1ccc2c(c1)C(C(=O)N(Cc1ccccc1C(F)(F)F)c1ccc(C(C)I)cc1)CCC2. The number of methoxy groups -OCH3 is 1. The average molecular weight is 593 g/mol. The fourth-order valence-electron chi connectivity index (χ4n) is 4.67. The first-order valence-corrected chi connectivity index (χ1v) is 12.8. The number of hydrogen-bond acceptors (Lipinski definition) is 2. The Balaban J connectivity index is 1.77. The van der Waals surface area contributed by atoms with Crippen LogP contribution in [0.25, 0.3) is 0 Å². The second-order valence-corrected chi connectivity index (χ2v) is 10.7. The summed E-state index contributed by atoms with van der Waals surface area (Å²) in [6.07, 6.45) is -2.16. The zero-order valence-corrected chi connectivity index (χ0v) is 21.8. The van der Waals surface area contributed by atoms with Crippen molar-refractivity contribution in [2.24, 2.45) is 0 Å². The molecule has 0 spiro atoms. The molecule has 1 amide bonds. The van der Waals surface area contributed by atoms with E-state index >= 15 is 0 Å². The van der Waals surface area contributed by atoms with Crippen LogP contribution in [-0.2, 0) is 23.9 Å². The molecule has 7 heteroatoms. The van der Waals surface area contributed by atoms with E-state index < -0.39 is 17.7 Å². The van der Waals surface area contributed by atoms with Crippen LogP contribution < -0.4 is 9.64 Å². The van der Waals surface area contributed by atoms with Gasteiger partial charge in [0.25, 0.3) is 0 Å². The van der Waals surface area contributed by atoms with Crippen LogP contribution in [0.15, 0.2) is 66.7 Å². The van der Waals surface area contributed by atoms with E-state index in [1.165, 1.54) is 17.0 Å². The predicted octanol–water partition coefficient (Wildman–Crippen LogP) is 7.86. The molecule has 1 aliphatic carbocycles. The van der Waals surface area contributed by atoms with Gasteiger partial charge in [-0.05, 0) is 78.8 Å². The molecule has 0 heterocycles. The van der Waals surface area contributed by atoms with E-state index in [1.807, 2.05) is 42.5 Å². The Bertz CT molecular complexity index is 1190.